The molecule has 1 saturated heterocycles. The van der Waals surface area contributed by atoms with Crippen molar-refractivity contribution in [3.8, 4) is 0 Å². The standard InChI is InChI=1S/C20H28N6O/c1-14-19(27-15(2)22-14)13-26-18-6-4-3-5-17(18)24-20(26)23-16-7-10-25(11-8-16)12-9-21/h3-6,16H,7-13,21H2,1-2H3,(H,23,24). The monoisotopic (exact) mass is 368 g/mol. The summed E-state index contributed by atoms with van der Waals surface area (Å²) in [5.74, 6) is 2.49. The van der Waals surface area contributed by atoms with E-state index in [2.05, 4.69) is 31.9 Å². The first-order valence-corrected chi connectivity index (χ1v) is 9.71. The van der Waals surface area contributed by atoms with Crippen molar-refractivity contribution >= 4 is 17.0 Å². The minimum absolute atomic E-state index is 0.423. The largest absolute Gasteiger partial charge is 0.444 e. The Labute approximate surface area is 159 Å². The molecule has 0 atom stereocenters. The molecular weight excluding hydrogens is 340 g/mol. The van der Waals surface area contributed by atoms with Gasteiger partial charge in [-0.25, -0.2) is 9.97 Å². The van der Waals surface area contributed by atoms with Gasteiger partial charge in [0.25, 0.3) is 0 Å². The van der Waals surface area contributed by atoms with Gasteiger partial charge in [0.05, 0.1) is 23.3 Å². The molecule has 0 bridgehead atoms. The van der Waals surface area contributed by atoms with E-state index >= 15 is 0 Å². The molecule has 1 aliphatic heterocycles. The Kier molecular flexibility index (Phi) is 5.13. The van der Waals surface area contributed by atoms with Gasteiger partial charge in [0.1, 0.15) is 5.76 Å². The van der Waals surface area contributed by atoms with Crippen molar-refractivity contribution in [3.05, 3.63) is 41.6 Å². The summed E-state index contributed by atoms with van der Waals surface area (Å²) in [6.45, 7) is 8.37. The van der Waals surface area contributed by atoms with Crippen molar-refractivity contribution in [2.24, 2.45) is 5.73 Å². The molecule has 2 aromatic heterocycles. The highest BCUT2D eigenvalue weighted by atomic mass is 16.4. The van der Waals surface area contributed by atoms with Gasteiger partial charge in [-0.3, -0.25) is 0 Å². The molecule has 0 saturated carbocycles. The molecule has 0 radical (unpaired) electrons. The second kappa shape index (κ2) is 7.70. The van der Waals surface area contributed by atoms with Gasteiger partial charge in [-0.05, 0) is 31.9 Å². The summed E-state index contributed by atoms with van der Waals surface area (Å²) in [6.07, 6.45) is 2.20. The van der Waals surface area contributed by atoms with Crippen molar-refractivity contribution in [2.75, 3.05) is 31.5 Å². The normalized spacial score (nSPS) is 16.3. The van der Waals surface area contributed by atoms with Crippen molar-refractivity contribution in [3.63, 3.8) is 0 Å². The lowest BCUT2D eigenvalue weighted by Gasteiger charge is -2.32. The number of nitrogens with one attached hydrogen (secondary N) is 1. The van der Waals surface area contributed by atoms with Gasteiger partial charge >= 0.3 is 0 Å². The average molecular weight is 368 g/mol. The number of nitrogens with zero attached hydrogens (tertiary/aromatic N) is 4. The highest BCUT2D eigenvalue weighted by Gasteiger charge is 2.21. The number of benzene rings is 1. The summed E-state index contributed by atoms with van der Waals surface area (Å²) in [5.41, 5.74) is 8.72. The van der Waals surface area contributed by atoms with E-state index in [1.165, 1.54) is 0 Å². The molecule has 7 heteroatoms. The topological polar surface area (TPSA) is 85.1 Å². The van der Waals surface area contributed by atoms with E-state index < -0.39 is 0 Å². The second-order valence-corrected chi connectivity index (χ2v) is 7.30. The van der Waals surface area contributed by atoms with E-state index in [4.69, 9.17) is 15.1 Å². The maximum Gasteiger partial charge on any atom is 0.204 e. The van der Waals surface area contributed by atoms with Crippen LogP contribution in [0.3, 0.4) is 0 Å². The van der Waals surface area contributed by atoms with Crippen LogP contribution in [-0.4, -0.2) is 51.7 Å². The predicted molar refractivity (Wildman–Crippen MR) is 107 cm³/mol. The number of aromatic nitrogens is 3. The Morgan fingerprint density at radius 3 is 2.67 bits per heavy atom. The fourth-order valence-electron chi connectivity index (χ4n) is 3.88. The maximum absolute atomic E-state index is 5.82. The molecule has 7 nitrogen and oxygen atoms in total. The third-order valence-electron chi connectivity index (χ3n) is 5.32. The summed E-state index contributed by atoms with van der Waals surface area (Å²) >= 11 is 0. The van der Waals surface area contributed by atoms with E-state index in [1.807, 2.05) is 26.0 Å². The molecule has 4 rings (SSSR count). The molecule has 144 valence electrons. The number of hydrogen-bond donors (Lipinski definition) is 2. The summed E-state index contributed by atoms with van der Waals surface area (Å²) in [4.78, 5) is 11.7. The molecular formula is C20H28N6O. The van der Waals surface area contributed by atoms with E-state index in [-0.39, 0.29) is 0 Å². The van der Waals surface area contributed by atoms with E-state index in [0.717, 1.165) is 67.5 Å². The molecule has 3 heterocycles. The van der Waals surface area contributed by atoms with E-state index in [9.17, 15) is 0 Å². The van der Waals surface area contributed by atoms with Crippen LogP contribution >= 0.6 is 0 Å². The van der Waals surface area contributed by atoms with Crippen LogP contribution in [0.2, 0.25) is 0 Å². The van der Waals surface area contributed by atoms with E-state index in [1.54, 1.807) is 0 Å². The molecule has 27 heavy (non-hydrogen) atoms. The van der Waals surface area contributed by atoms with Crippen LogP contribution in [0.15, 0.2) is 28.7 Å². The number of rotatable bonds is 6. The van der Waals surface area contributed by atoms with Crippen LogP contribution in [0.25, 0.3) is 11.0 Å². The first-order chi connectivity index (χ1) is 13.1. The first-order valence-electron chi connectivity index (χ1n) is 9.71. The minimum atomic E-state index is 0.423. The molecule has 3 aromatic rings. The van der Waals surface area contributed by atoms with E-state index in [0.29, 0.717) is 18.5 Å². The first kappa shape index (κ1) is 18.0. The summed E-state index contributed by atoms with van der Waals surface area (Å²) in [6, 6.07) is 8.66. The number of anilines is 1. The van der Waals surface area contributed by atoms with Gasteiger partial charge in [0.15, 0.2) is 5.89 Å². The lowest BCUT2D eigenvalue weighted by atomic mass is 10.1. The number of likely N-dealkylation sites (tertiary alicyclic amines) is 1. The molecule has 3 N–H and O–H groups in total. The summed E-state index contributed by atoms with van der Waals surface area (Å²) in [5, 5.41) is 3.68. The van der Waals surface area contributed by atoms with Gasteiger partial charge in [-0.2, -0.15) is 0 Å². The number of fused-ring (bicyclic) bond motifs is 1. The van der Waals surface area contributed by atoms with Crippen LogP contribution in [0.4, 0.5) is 5.95 Å². The number of hydrogen-bond acceptors (Lipinski definition) is 6. The molecule has 1 fully saturated rings. The SMILES string of the molecule is Cc1nc(C)c(Cn2c(NC3CCN(CCN)CC3)nc3ccccc32)o1. The highest BCUT2D eigenvalue weighted by molar-refractivity contribution is 5.78. The van der Waals surface area contributed by atoms with Gasteiger partial charge in [0.2, 0.25) is 5.95 Å². The minimum Gasteiger partial charge on any atom is -0.444 e. The van der Waals surface area contributed by atoms with Crippen molar-refractivity contribution in [1.29, 1.82) is 0 Å². The van der Waals surface area contributed by atoms with Crippen LogP contribution in [0, 0.1) is 13.8 Å². The number of piperidine rings is 1. The molecule has 0 spiro atoms. The molecule has 1 aromatic carbocycles. The van der Waals surface area contributed by atoms with Crippen LogP contribution < -0.4 is 11.1 Å². The Morgan fingerprint density at radius 2 is 1.96 bits per heavy atom. The smallest absolute Gasteiger partial charge is 0.204 e. The lowest BCUT2D eigenvalue weighted by Crippen LogP contribution is -2.41. The third-order valence-corrected chi connectivity index (χ3v) is 5.32. The van der Waals surface area contributed by atoms with Crippen LogP contribution in [0.5, 0.6) is 0 Å². The fourth-order valence-corrected chi connectivity index (χ4v) is 3.88. The predicted octanol–water partition coefficient (Wildman–Crippen LogP) is 2.52. The number of aryl methyl sites for hydroxylation is 2. The summed E-state index contributed by atoms with van der Waals surface area (Å²) in [7, 11) is 0. The van der Waals surface area contributed by atoms with Crippen LogP contribution in [0.1, 0.15) is 30.2 Å². The number of imidazole rings is 1. The Hall–Kier alpha value is -2.38. The van der Waals surface area contributed by atoms with Crippen molar-refractivity contribution in [2.45, 2.75) is 39.3 Å². The molecule has 0 amide bonds. The Bertz CT molecular complexity index is 906. The number of para-hydroxylation sites is 2. The molecule has 1 aliphatic rings. The molecule has 0 unspecified atom stereocenters. The quantitative estimate of drug-likeness (QED) is 0.695. The maximum atomic E-state index is 5.82. The van der Waals surface area contributed by atoms with Gasteiger partial charge in [-0.1, -0.05) is 12.1 Å². The zero-order valence-corrected chi connectivity index (χ0v) is 16.1. The van der Waals surface area contributed by atoms with Crippen molar-refractivity contribution in [1.82, 2.24) is 19.4 Å². The third kappa shape index (κ3) is 3.84. The zero-order chi connectivity index (χ0) is 18.8. The van der Waals surface area contributed by atoms with Gasteiger partial charge in [-0.15, -0.1) is 0 Å². The highest BCUT2D eigenvalue weighted by Crippen LogP contribution is 2.24. The van der Waals surface area contributed by atoms with Gasteiger partial charge < -0.3 is 24.9 Å². The zero-order valence-electron chi connectivity index (χ0n) is 16.1. The average Bonchev–Trinajstić information content (AvgIpc) is 3.16. The second-order valence-electron chi connectivity index (χ2n) is 7.30. The van der Waals surface area contributed by atoms with Crippen LogP contribution in [-0.2, 0) is 6.54 Å². The molecule has 0 aliphatic carbocycles. The van der Waals surface area contributed by atoms with Gasteiger partial charge in [0, 0.05) is 39.1 Å². The Morgan fingerprint density at radius 1 is 1.19 bits per heavy atom. The fraction of sp³-hybridized carbons (Fsp3) is 0.500. The number of oxazole rings is 1. The lowest BCUT2D eigenvalue weighted by molar-refractivity contribution is 0.224. The summed E-state index contributed by atoms with van der Waals surface area (Å²) < 4.78 is 8.02. The van der Waals surface area contributed by atoms with Crippen molar-refractivity contribution < 1.29 is 4.42 Å². The Balaban J connectivity index is 1.58. The number of nitrogens with two attached hydrogens (primary N) is 1.